The van der Waals surface area contributed by atoms with E-state index in [0.717, 1.165) is 65.7 Å². The molecule has 4 heteroatoms. The van der Waals surface area contributed by atoms with Crippen molar-refractivity contribution < 1.29 is 18.9 Å². The molecule has 2 heterocycles. The maximum absolute atomic E-state index is 5.96. The summed E-state index contributed by atoms with van der Waals surface area (Å²) in [5, 5.41) is 0. The van der Waals surface area contributed by atoms with Crippen LogP contribution in [-0.4, -0.2) is 52.9 Å². The second kappa shape index (κ2) is 8.09. The van der Waals surface area contributed by atoms with Crippen LogP contribution in [0.3, 0.4) is 0 Å². The Morgan fingerprint density at radius 1 is 0.773 bits per heavy atom. The lowest BCUT2D eigenvalue weighted by atomic mass is 9.84. The van der Waals surface area contributed by atoms with E-state index < -0.39 is 0 Å². The molecule has 0 aromatic rings. The summed E-state index contributed by atoms with van der Waals surface area (Å²) < 4.78 is 22.6. The van der Waals surface area contributed by atoms with Crippen LogP contribution in [0.15, 0.2) is 0 Å². The lowest BCUT2D eigenvalue weighted by Crippen LogP contribution is -2.46. The second-order valence-electron chi connectivity index (χ2n) is 7.68. The molecule has 2 saturated heterocycles. The number of hydrogen-bond acceptors (Lipinski definition) is 4. The molecule has 0 amide bonds. The molecule has 0 aromatic carbocycles. The minimum absolute atomic E-state index is 0.289. The highest BCUT2D eigenvalue weighted by Gasteiger charge is 2.38. The van der Waals surface area contributed by atoms with Crippen LogP contribution < -0.4 is 0 Å². The van der Waals surface area contributed by atoms with Crippen molar-refractivity contribution in [2.24, 2.45) is 22.7 Å². The summed E-state index contributed by atoms with van der Waals surface area (Å²) >= 11 is 0. The van der Waals surface area contributed by atoms with Crippen LogP contribution in [0.2, 0.25) is 0 Å². The van der Waals surface area contributed by atoms with Gasteiger partial charge in [0.1, 0.15) is 0 Å². The largest absolute Gasteiger partial charge is 0.380 e. The molecule has 4 nitrogen and oxygen atoms in total. The number of ether oxygens (including phenoxy) is 4. The van der Waals surface area contributed by atoms with E-state index in [-0.39, 0.29) is 10.8 Å². The first-order valence-electron chi connectivity index (χ1n) is 8.86. The van der Waals surface area contributed by atoms with Gasteiger partial charge in [-0.1, -0.05) is 27.7 Å². The van der Waals surface area contributed by atoms with Crippen LogP contribution in [0, 0.1) is 22.7 Å². The Morgan fingerprint density at radius 3 is 1.36 bits per heavy atom. The Kier molecular flexibility index (Phi) is 6.69. The molecule has 0 radical (unpaired) electrons. The van der Waals surface area contributed by atoms with Crippen molar-refractivity contribution >= 4 is 0 Å². The summed E-state index contributed by atoms with van der Waals surface area (Å²) in [6.45, 7) is 15.7. The van der Waals surface area contributed by atoms with Gasteiger partial charge in [-0.15, -0.1) is 0 Å². The van der Waals surface area contributed by atoms with E-state index in [1.165, 1.54) is 0 Å². The first-order chi connectivity index (χ1) is 10.5. The van der Waals surface area contributed by atoms with E-state index in [1.807, 2.05) is 0 Å². The second-order valence-corrected chi connectivity index (χ2v) is 7.68. The topological polar surface area (TPSA) is 36.9 Å². The zero-order chi connectivity index (χ0) is 16.1. The van der Waals surface area contributed by atoms with Crippen molar-refractivity contribution in [2.75, 3.05) is 52.9 Å². The van der Waals surface area contributed by atoms with Crippen LogP contribution >= 0.6 is 0 Å². The summed E-state index contributed by atoms with van der Waals surface area (Å²) in [5.74, 6) is 1.04. The van der Waals surface area contributed by atoms with E-state index in [9.17, 15) is 0 Å². The predicted molar refractivity (Wildman–Crippen MR) is 87.1 cm³/mol. The van der Waals surface area contributed by atoms with Crippen LogP contribution in [0.1, 0.15) is 40.5 Å². The van der Waals surface area contributed by atoms with E-state index in [2.05, 4.69) is 27.7 Å². The molecule has 130 valence electrons. The van der Waals surface area contributed by atoms with Gasteiger partial charge in [-0.2, -0.15) is 0 Å². The molecule has 2 aliphatic rings. The average molecular weight is 314 g/mol. The third-order valence-corrected chi connectivity index (χ3v) is 5.68. The summed E-state index contributed by atoms with van der Waals surface area (Å²) in [6, 6.07) is 0. The molecule has 2 rings (SSSR count). The van der Waals surface area contributed by atoms with Crippen molar-refractivity contribution in [3.8, 4) is 0 Å². The van der Waals surface area contributed by atoms with E-state index in [0.29, 0.717) is 11.8 Å². The molecular formula is C18H34O4. The van der Waals surface area contributed by atoms with Crippen LogP contribution in [-0.2, 0) is 18.9 Å². The van der Waals surface area contributed by atoms with Gasteiger partial charge >= 0.3 is 0 Å². The van der Waals surface area contributed by atoms with Gasteiger partial charge in [0.05, 0.1) is 39.6 Å². The van der Waals surface area contributed by atoms with Gasteiger partial charge in [0.15, 0.2) is 0 Å². The minimum Gasteiger partial charge on any atom is -0.380 e. The third-order valence-electron chi connectivity index (χ3n) is 5.68. The molecule has 22 heavy (non-hydrogen) atoms. The molecule has 0 saturated carbocycles. The molecule has 2 aliphatic heterocycles. The van der Waals surface area contributed by atoms with Crippen molar-refractivity contribution in [1.82, 2.24) is 0 Å². The maximum Gasteiger partial charge on any atom is 0.0566 e. The summed E-state index contributed by atoms with van der Waals surface area (Å²) in [7, 11) is 0. The maximum atomic E-state index is 5.96. The molecule has 0 aromatic heterocycles. The van der Waals surface area contributed by atoms with Gasteiger partial charge in [0.25, 0.3) is 0 Å². The fourth-order valence-electron chi connectivity index (χ4n) is 2.81. The highest BCUT2D eigenvalue weighted by atomic mass is 16.5. The van der Waals surface area contributed by atoms with Gasteiger partial charge < -0.3 is 18.9 Å². The third kappa shape index (κ3) is 4.44. The fraction of sp³-hybridized carbons (Fsp3) is 1.00. The minimum atomic E-state index is 0.289. The van der Waals surface area contributed by atoms with Crippen molar-refractivity contribution in [3.63, 3.8) is 0 Å². The van der Waals surface area contributed by atoms with Crippen LogP contribution in [0.25, 0.3) is 0 Å². The highest BCUT2D eigenvalue weighted by Crippen LogP contribution is 2.32. The first kappa shape index (κ1) is 18.2. The molecule has 2 unspecified atom stereocenters. The van der Waals surface area contributed by atoms with Gasteiger partial charge in [0, 0.05) is 24.0 Å². The summed E-state index contributed by atoms with van der Waals surface area (Å²) in [6.07, 6.45) is 2.28. The van der Waals surface area contributed by atoms with Crippen LogP contribution in [0.4, 0.5) is 0 Å². The SMILES string of the molecule is CCC1(COCC(C)C(C)COCC2(CC)COC2)COC1. The molecule has 0 spiro atoms. The van der Waals surface area contributed by atoms with Gasteiger partial charge in [-0.3, -0.25) is 0 Å². The monoisotopic (exact) mass is 314 g/mol. The Morgan fingerprint density at radius 2 is 1.14 bits per heavy atom. The molecule has 0 aliphatic carbocycles. The first-order valence-corrected chi connectivity index (χ1v) is 8.86. The molecule has 0 N–H and O–H groups in total. The Labute approximate surface area is 135 Å². The average Bonchev–Trinajstić information content (AvgIpc) is 2.44. The van der Waals surface area contributed by atoms with E-state index in [1.54, 1.807) is 0 Å². The standard InChI is InChI=1S/C18H34O4/c1-5-17(11-21-12-17)9-19-7-15(3)16(4)8-20-10-18(6-2)13-22-14-18/h15-16H,5-14H2,1-4H3. The summed E-state index contributed by atoms with van der Waals surface area (Å²) in [5.41, 5.74) is 0.578. The lowest BCUT2D eigenvalue weighted by molar-refractivity contribution is -0.158. The quantitative estimate of drug-likeness (QED) is 0.587. The van der Waals surface area contributed by atoms with Gasteiger partial charge in [0.2, 0.25) is 0 Å². The van der Waals surface area contributed by atoms with Crippen LogP contribution in [0.5, 0.6) is 0 Å². The normalized spacial score (nSPS) is 25.1. The molecule has 2 atom stereocenters. The van der Waals surface area contributed by atoms with Gasteiger partial charge in [-0.25, -0.2) is 0 Å². The molecule has 2 fully saturated rings. The molecule has 0 bridgehead atoms. The van der Waals surface area contributed by atoms with Gasteiger partial charge in [-0.05, 0) is 24.7 Å². The molecular weight excluding hydrogens is 280 g/mol. The predicted octanol–water partition coefficient (Wildman–Crippen LogP) is 3.15. The van der Waals surface area contributed by atoms with Crippen molar-refractivity contribution in [1.29, 1.82) is 0 Å². The number of hydrogen-bond donors (Lipinski definition) is 0. The van der Waals surface area contributed by atoms with E-state index in [4.69, 9.17) is 18.9 Å². The Balaban J connectivity index is 1.57. The Bertz CT molecular complexity index is 280. The zero-order valence-electron chi connectivity index (χ0n) is 14.9. The van der Waals surface area contributed by atoms with Crippen molar-refractivity contribution in [3.05, 3.63) is 0 Å². The number of rotatable bonds is 11. The smallest absolute Gasteiger partial charge is 0.0566 e. The van der Waals surface area contributed by atoms with Crippen molar-refractivity contribution in [2.45, 2.75) is 40.5 Å². The van der Waals surface area contributed by atoms with E-state index >= 15 is 0 Å². The lowest BCUT2D eigenvalue weighted by Gasteiger charge is -2.41. The Hall–Kier alpha value is -0.160. The zero-order valence-corrected chi connectivity index (χ0v) is 14.9. The summed E-state index contributed by atoms with van der Waals surface area (Å²) in [4.78, 5) is 0. The fourth-order valence-corrected chi connectivity index (χ4v) is 2.81. The highest BCUT2D eigenvalue weighted by molar-refractivity contribution is 4.85.